The molecule has 2 aliphatic heterocycles. The van der Waals surface area contributed by atoms with E-state index in [0.29, 0.717) is 27.9 Å². The number of thiocarbonyl (C=S) groups is 1. The number of rotatable bonds is 10. The summed E-state index contributed by atoms with van der Waals surface area (Å²) in [7, 11) is 0. The van der Waals surface area contributed by atoms with Gasteiger partial charge in [-0.25, -0.2) is 0 Å². The van der Waals surface area contributed by atoms with E-state index < -0.39 is 0 Å². The fourth-order valence-electron chi connectivity index (χ4n) is 4.63. The third-order valence-corrected chi connectivity index (χ3v) is 8.21. The van der Waals surface area contributed by atoms with Gasteiger partial charge < -0.3 is 9.80 Å². The van der Waals surface area contributed by atoms with Crippen LogP contribution in [0.5, 0.6) is 0 Å². The average molecular weight is 516 g/mol. The van der Waals surface area contributed by atoms with E-state index in [0.717, 1.165) is 76.2 Å². The summed E-state index contributed by atoms with van der Waals surface area (Å²) in [4.78, 5) is 33.6. The molecule has 0 unspecified atom stereocenters. The van der Waals surface area contributed by atoms with E-state index in [9.17, 15) is 14.9 Å². The van der Waals surface area contributed by atoms with Crippen molar-refractivity contribution in [3.05, 3.63) is 31.9 Å². The number of nitrogens with zero attached hydrogens (tertiary/aromatic N) is 5. The molecule has 0 aliphatic carbocycles. The molecule has 190 valence electrons. The number of hydrogen-bond acceptors (Lipinski definition) is 7. The molecule has 2 fully saturated rings. The zero-order valence-electron chi connectivity index (χ0n) is 21.4. The first kappa shape index (κ1) is 27.4. The van der Waals surface area contributed by atoms with Crippen LogP contribution < -0.4 is 10.5 Å². The largest absolute Gasteiger partial charge is 0.355 e. The minimum Gasteiger partial charge on any atom is -0.355 e. The molecule has 1 amide bonds. The van der Waals surface area contributed by atoms with Crippen molar-refractivity contribution in [3.63, 3.8) is 0 Å². The molecule has 3 heterocycles. The summed E-state index contributed by atoms with van der Waals surface area (Å²) in [6, 6.07) is 2.14. The molecule has 0 aromatic carbocycles. The highest BCUT2D eigenvalue weighted by atomic mass is 32.2. The maximum atomic E-state index is 13.4. The van der Waals surface area contributed by atoms with Crippen LogP contribution in [0.25, 0.3) is 6.08 Å². The van der Waals surface area contributed by atoms with Gasteiger partial charge in [-0.1, -0.05) is 64.0 Å². The normalized spacial score (nSPS) is 18.1. The second kappa shape index (κ2) is 12.7. The number of amides is 1. The Morgan fingerprint density at radius 3 is 2.31 bits per heavy atom. The molecule has 0 N–H and O–H groups in total. The molecule has 7 nitrogen and oxygen atoms in total. The minimum atomic E-state index is -0.240. The van der Waals surface area contributed by atoms with E-state index in [2.05, 4.69) is 36.6 Å². The molecule has 1 aromatic heterocycles. The van der Waals surface area contributed by atoms with Crippen molar-refractivity contribution in [2.24, 2.45) is 0 Å². The first-order valence-electron chi connectivity index (χ1n) is 12.8. The van der Waals surface area contributed by atoms with Crippen LogP contribution in [0, 0.1) is 18.3 Å². The fourth-order valence-corrected chi connectivity index (χ4v) is 5.92. The first-order valence-corrected chi connectivity index (χ1v) is 14.0. The highest BCUT2D eigenvalue weighted by Gasteiger charge is 2.33. The highest BCUT2D eigenvalue weighted by Crippen LogP contribution is 2.36. The van der Waals surface area contributed by atoms with Crippen molar-refractivity contribution in [3.8, 4) is 6.07 Å². The Labute approximate surface area is 218 Å². The average Bonchev–Trinajstić information content (AvgIpc) is 3.12. The van der Waals surface area contributed by atoms with Gasteiger partial charge in [-0.2, -0.15) is 5.26 Å². The van der Waals surface area contributed by atoms with Gasteiger partial charge in [0.05, 0.1) is 4.91 Å². The Balaban J connectivity index is 2.12. The van der Waals surface area contributed by atoms with Crippen molar-refractivity contribution in [2.45, 2.75) is 66.3 Å². The molecule has 0 saturated carbocycles. The molecule has 0 spiro atoms. The van der Waals surface area contributed by atoms with Crippen molar-refractivity contribution in [1.82, 2.24) is 14.4 Å². The summed E-state index contributed by atoms with van der Waals surface area (Å²) in [5.74, 6) is 0.744. The van der Waals surface area contributed by atoms with Crippen LogP contribution in [0.4, 0.5) is 5.82 Å². The minimum absolute atomic E-state index is 0.0814. The van der Waals surface area contributed by atoms with Crippen molar-refractivity contribution in [1.29, 1.82) is 5.26 Å². The molecule has 0 atom stereocenters. The molecular weight excluding hydrogens is 478 g/mol. The Kier molecular flexibility index (Phi) is 9.96. The van der Waals surface area contributed by atoms with E-state index in [1.807, 2.05) is 13.0 Å². The van der Waals surface area contributed by atoms with Crippen LogP contribution in [0.15, 0.2) is 9.70 Å². The predicted molar refractivity (Wildman–Crippen MR) is 149 cm³/mol. The molecule has 9 heteroatoms. The highest BCUT2D eigenvalue weighted by molar-refractivity contribution is 8.26. The third kappa shape index (κ3) is 5.99. The quantitative estimate of drug-likeness (QED) is 0.260. The second-order valence-corrected chi connectivity index (χ2v) is 10.8. The zero-order valence-corrected chi connectivity index (χ0v) is 23.1. The fraction of sp³-hybridized carbons (Fsp3) is 0.615. The predicted octanol–water partition coefficient (Wildman–Crippen LogP) is 4.36. The third-order valence-electron chi connectivity index (χ3n) is 6.84. The van der Waals surface area contributed by atoms with E-state index in [1.54, 1.807) is 9.47 Å². The summed E-state index contributed by atoms with van der Waals surface area (Å²) in [6.45, 7) is 13.8. The van der Waals surface area contributed by atoms with Gasteiger partial charge in [-0.15, -0.1) is 0 Å². The number of pyridine rings is 1. The first-order chi connectivity index (χ1) is 16.9. The summed E-state index contributed by atoms with van der Waals surface area (Å²) in [6.07, 6.45) is 6.71. The molecule has 0 bridgehead atoms. The number of nitriles is 1. The number of piperazine rings is 1. The zero-order chi connectivity index (χ0) is 25.5. The van der Waals surface area contributed by atoms with Crippen LogP contribution in [-0.4, -0.2) is 63.9 Å². The molecule has 2 saturated heterocycles. The van der Waals surface area contributed by atoms with Gasteiger partial charge in [-0.05, 0) is 37.9 Å². The van der Waals surface area contributed by atoms with E-state index in [-0.39, 0.29) is 17.0 Å². The van der Waals surface area contributed by atoms with Crippen LogP contribution in [-0.2, 0) is 11.3 Å². The lowest BCUT2D eigenvalue weighted by Gasteiger charge is -2.37. The molecule has 1 aromatic rings. The Hall–Kier alpha value is -2.15. The van der Waals surface area contributed by atoms with Gasteiger partial charge in [0, 0.05) is 44.8 Å². The van der Waals surface area contributed by atoms with Gasteiger partial charge in [0.15, 0.2) is 0 Å². The van der Waals surface area contributed by atoms with E-state index in [4.69, 9.17) is 12.2 Å². The maximum absolute atomic E-state index is 13.4. The van der Waals surface area contributed by atoms with Crippen molar-refractivity contribution < 1.29 is 4.79 Å². The summed E-state index contributed by atoms with van der Waals surface area (Å²) in [5.41, 5.74) is 1.34. The Morgan fingerprint density at radius 1 is 1.03 bits per heavy atom. The summed E-state index contributed by atoms with van der Waals surface area (Å²) < 4.78 is 2.35. The number of hydrogen-bond donors (Lipinski definition) is 0. The number of likely N-dealkylation sites (N-methyl/N-ethyl adjacent to an activating group) is 1. The summed E-state index contributed by atoms with van der Waals surface area (Å²) in [5, 5.41) is 9.85. The van der Waals surface area contributed by atoms with Gasteiger partial charge in [-0.3, -0.25) is 19.1 Å². The number of thioether (sulfide) groups is 1. The molecule has 2 aliphatic rings. The number of anilines is 1. The number of unbranched alkanes of at least 4 members (excludes halogenated alkanes) is 3. The standard InChI is InChI=1S/C26H37N5O2S2/c1-5-8-10-12-31-25(33)22(35-26(31)34)17-20-19(4)21(18-27)24(32)30(11-9-6-2)23(20)29-15-13-28(7-3)14-16-29/h17H,5-16H2,1-4H3/b22-17+. The van der Waals surface area contributed by atoms with Gasteiger partial charge >= 0.3 is 0 Å². The lowest BCUT2D eigenvalue weighted by atomic mass is 10.0. The number of aromatic nitrogens is 1. The van der Waals surface area contributed by atoms with Crippen LogP contribution in [0.1, 0.15) is 69.6 Å². The molecule has 3 rings (SSSR count). The van der Waals surface area contributed by atoms with Crippen molar-refractivity contribution >= 4 is 46.1 Å². The monoisotopic (exact) mass is 515 g/mol. The Bertz CT molecular complexity index is 1080. The maximum Gasteiger partial charge on any atom is 0.270 e. The van der Waals surface area contributed by atoms with Gasteiger partial charge in [0.25, 0.3) is 11.5 Å². The SMILES string of the molecule is CCCCCN1C(=O)/C(=C\c2c(C)c(C#N)c(=O)n(CCCC)c2N2CCN(CC)CC2)SC1=S. The second-order valence-electron chi connectivity index (χ2n) is 9.12. The van der Waals surface area contributed by atoms with E-state index in [1.165, 1.54) is 11.8 Å². The smallest absolute Gasteiger partial charge is 0.270 e. The van der Waals surface area contributed by atoms with Crippen LogP contribution in [0.3, 0.4) is 0 Å². The molecule has 35 heavy (non-hydrogen) atoms. The van der Waals surface area contributed by atoms with E-state index >= 15 is 0 Å². The molecule has 0 radical (unpaired) electrons. The Morgan fingerprint density at radius 2 is 1.71 bits per heavy atom. The summed E-state index contributed by atoms with van der Waals surface area (Å²) >= 11 is 6.85. The lowest BCUT2D eigenvalue weighted by Crippen LogP contribution is -2.48. The van der Waals surface area contributed by atoms with Crippen LogP contribution >= 0.6 is 24.0 Å². The number of carbonyl (C=O) groups is 1. The topological polar surface area (TPSA) is 72.6 Å². The van der Waals surface area contributed by atoms with Crippen LogP contribution in [0.2, 0.25) is 0 Å². The van der Waals surface area contributed by atoms with Gasteiger partial charge in [0.2, 0.25) is 0 Å². The number of carbonyl (C=O) groups excluding carboxylic acids is 1. The molecular formula is C26H37N5O2S2. The lowest BCUT2D eigenvalue weighted by molar-refractivity contribution is -0.122. The van der Waals surface area contributed by atoms with Gasteiger partial charge in [0.1, 0.15) is 21.8 Å². The van der Waals surface area contributed by atoms with Crippen molar-refractivity contribution in [2.75, 3.05) is 44.2 Å².